The Bertz CT molecular complexity index is 1080. The lowest BCUT2D eigenvalue weighted by molar-refractivity contribution is -0.113. The van der Waals surface area contributed by atoms with E-state index in [0.717, 1.165) is 43.4 Å². The average molecular weight is 472 g/mol. The second-order valence-corrected chi connectivity index (χ2v) is 9.44. The molecule has 8 nitrogen and oxygen atoms in total. The van der Waals surface area contributed by atoms with Crippen LogP contribution >= 0.6 is 23.1 Å². The zero-order valence-corrected chi connectivity index (χ0v) is 19.5. The van der Waals surface area contributed by atoms with Crippen LogP contribution in [0.3, 0.4) is 0 Å². The third kappa shape index (κ3) is 5.18. The topological polar surface area (TPSA) is 99.0 Å². The van der Waals surface area contributed by atoms with Crippen LogP contribution in [0.2, 0.25) is 0 Å². The Hall–Kier alpha value is -2.72. The van der Waals surface area contributed by atoms with Crippen LogP contribution in [0.15, 0.2) is 35.5 Å². The molecule has 10 heteroatoms. The van der Waals surface area contributed by atoms with Gasteiger partial charge in [-0.3, -0.25) is 4.79 Å². The van der Waals surface area contributed by atoms with Crippen molar-refractivity contribution in [1.82, 2.24) is 20.2 Å². The van der Waals surface area contributed by atoms with E-state index in [9.17, 15) is 9.59 Å². The number of anilines is 1. The van der Waals surface area contributed by atoms with Gasteiger partial charge < -0.3 is 10.1 Å². The molecule has 0 saturated carbocycles. The number of nitrogens with one attached hydrogen (secondary N) is 1. The van der Waals surface area contributed by atoms with Gasteiger partial charge in [-0.25, -0.2) is 4.79 Å². The lowest BCUT2D eigenvalue weighted by Crippen LogP contribution is -2.17. The Morgan fingerprint density at radius 1 is 1.16 bits per heavy atom. The van der Waals surface area contributed by atoms with Crippen LogP contribution in [0.5, 0.6) is 0 Å². The summed E-state index contributed by atoms with van der Waals surface area (Å²) >= 11 is 2.75. The zero-order valence-electron chi connectivity index (χ0n) is 17.9. The smallest absolute Gasteiger partial charge is 0.341 e. The van der Waals surface area contributed by atoms with Crippen molar-refractivity contribution in [3.8, 4) is 5.69 Å². The van der Waals surface area contributed by atoms with Gasteiger partial charge in [-0.2, -0.15) is 4.68 Å². The van der Waals surface area contributed by atoms with Gasteiger partial charge in [0.05, 0.1) is 23.6 Å². The third-order valence-electron chi connectivity index (χ3n) is 5.18. The van der Waals surface area contributed by atoms with Crippen molar-refractivity contribution in [3.63, 3.8) is 0 Å². The molecule has 2 heterocycles. The number of fused-ring (bicyclic) bond motifs is 1. The number of hydrogen-bond acceptors (Lipinski definition) is 8. The molecule has 0 radical (unpaired) electrons. The average Bonchev–Trinajstić information content (AvgIpc) is 3.37. The van der Waals surface area contributed by atoms with E-state index in [0.29, 0.717) is 22.3 Å². The summed E-state index contributed by atoms with van der Waals surface area (Å²) in [5, 5.41) is 15.8. The van der Waals surface area contributed by atoms with Gasteiger partial charge >= 0.3 is 5.97 Å². The van der Waals surface area contributed by atoms with Crippen LogP contribution < -0.4 is 5.32 Å². The van der Waals surface area contributed by atoms with Gasteiger partial charge in [0.2, 0.25) is 11.1 Å². The predicted molar refractivity (Wildman–Crippen MR) is 125 cm³/mol. The van der Waals surface area contributed by atoms with Crippen molar-refractivity contribution in [2.75, 3.05) is 17.7 Å². The van der Waals surface area contributed by atoms with E-state index in [1.54, 1.807) is 11.6 Å². The molecule has 0 fully saturated rings. The maximum absolute atomic E-state index is 12.8. The Morgan fingerprint density at radius 3 is 2.72 bits per heavy atom. The first kappa shape index (κ1) is 22.5. The molecule has 0 unspecified atom stereocenters. The predicted octanol–water partition coefficient (Wildman–Crippen LogP) is 4.29. The van der Waals surface area contributed by atoms with E-state index in [4.69, 9.17) is 4.74 Å². The van der Waals surface area contributed by atoms with Gasteiger partial charge in [0.25, 0.3) is 0 Å². The highest BCUT2D eigenvalue weighted by Gasteiger charge is 2.26. The fraction of sp³-hybridized carbons (Fsp3) is 0.409. The molecular weight excluding hydrogens is 446 g/mol. The van der Waals surface area contributed by atoms with Gasteiger partial charge in [0.15, 0.2) is 0 Å². The number of aryl methyl sites for hydroxylation is 1. The molecule has 1 amide bonds. The number of carbonyl (C=O) groups excluding carboxylic acids is 2. The molecule has 168 valence electrons. The summed E-state index contributed by atoms with van der Waals surface area (Å²) in [6.45, 7) is 2.09. The lowest BCUT2D eigenvalue weighted by Gasteiger charge is -2.11. The summed E-state index contributed by atoms with van der Waals surface area (Å²) in [7, 11) is 0. The van der Waals surface area contributed by atoms with Crippen LogP contribution in [0.4, 0.5) is 5.00 Å². The fourth-order valence-corrected chi connectivity index (χ4v) is 5.70. The summed E-state index contributed by atoms with van der Waals surface area (Å²) in [4.78, 5) is 26.7. The maximum Gasteiger partial charge on any atom is 0.341 e. The number of para-hydroxylation sites is 1. The molecule has 4 rings (SSSR count). The zero-order chi connectivity index (χ0) is 22.3. The molecule has 0 spiro atoms. The number of benzene rings is 1. The van der Waals surface area contributed by atoms with Gasteiger partial charge in [-0.15, -0.1) is 16.4 Å². The van der Waals surface area contributed by atoms with Crippen LogP contribution in [0.1, 0.15) is 53.4 Å². The number of amides is 1. The van der Waals surface area contributed by atoms with Crippen molar-refractivity contribution < 1.29 is 14.3 Å². The van der Waals surface area contributed by atoms with E-state index in [1.165, 1.54) is 34.4 Å². The van der Waals surface area contributed by atoms with Crippen LogP contribution in [0.25, 0.3) is 5.69 Å². The number of tetrazole rings is 1. The molecule has 3 aromatic rings. The quantitative estimate of drug-likeness (QED) is 0.405. The summed E-state index contributed by atoms with van der Waals surface area (Å²) in [6, 6.07) is 9.51. The van der Waals surface area contributed by atoms with Crippen molar-refractivity contribution >= 4 is 40.0 Å². The summed E-state index contributed by atoms with van der Waals surface area (Å²) in [5.74, 6) is -0.447. The number of aromatic nitrogens is 4. The second-order valence-electron chi connectivity index (χ2n) is 7.39. The van der Waals surface area contributed by atoms with Crippen molar-refractivity contribution in [2.45, 2.75) is 50.6 Å². The number of thioether (sulfide) groups is 1. The molecule has 0 atom stereocenters. The van der Waals surface area contributed by atoms with E-state index < -0.39 is 0 Å². The first-order valence-corrected chi connectivity index (χ1v) is 12.6. The number of rotatable bonds is 7. The second kappa shape index (κ2) is 10.7. The molecule has 32 heavy (non-hydrogen) atoms. The Morgan fingerprint density at radius 2 is 1.94 bits per heavy atom. The lowest BCUT2D eigenvalue weighted by atomic mass is 9.96. The van der Waals surface area contributed by atoms with Gasteiger partial charge in [-0.1, -0.05) is 42.8 Å². The molecule has 0 bridgehead atoms. The number of esters is 1. The van der Waals surface area contributed by atoms with Crippen LogP contribution in [-0.2, 0) is 22.4 Å². The van der Waals surface area contributed by atoms with Crippen molar-refractivity contribution in [2.24, 2.45) is 0 Å². The molecule has 1 aromatic carbocycles. The van der Waals surface area contributed by atoms with Gasteiger partial charge in [0.1, 0.15) is 5.00 Å². The highest BCUT2D eigenvalue weighted by Crippen LogP contribution is 2.37. The number of thiophene rings is 1. The van der Waals surface area contributed by atoms with Crippen LogP contribution in [0, 0.1) is 0 Å². The van der Waals surface area contributed by atoms with E-state index >= 15 is 0 Å². The number of ether oxygens (including phenoxy) is 1. The number of carbonyl (C=O) groups is 2. The van der Waals surface area contributed by atoms with Crippen molar-refractivity contribution in [3.05, 3.63) is 46.3 Å². The molecule has 0 saturated heterocycles. The maximum atomic E-state index is 12.8. The Labute approximate surface area is 194 Å². The highest BCUT2D eigenvalue weighted by atomic mass is 32.2. The SMILES string of the molecule is CCOC(=O)c1c(NC(=O)CSc2nnnn2-c2ccccc2)sc2c1CCCCCC2. The minimum Gasteiger partial charge on any atom is -0.462 e. The minimum atomic E-state index is -0.360. The molecule has 1 aliphatic rings. The monoisotopic (exact) mass is 471 g/mol. The minimum absolute atomic E-state index is 0.123. The summed E-state index contributed by atoms with van der Waals surface area (Å²) < 4.78 is 6.91. The normalized spacial score (nSPS) is 13.7. The first-order chi connectivity index (χ1) is 15.7. The standard InChI is InChI=1S/C22H25N5O3S2/c1-2-30-21(29)19-16-12-8-3-4-9-13-17(16)32-20(19)23-18(28)14-31-22-24-25-26-27(22)15-10-6-5-7-11-15/h5-7,10-11H,2-4,8-9,12-14H2,1H3,(H,23,28). The van der Waals surface area contributed by atoms with Crippen LogP contribution in [-0.4, -0.2) is 44.4 Å². The van der Waals surface area contributed by atoms with Gasteiger partial charge in [0, 0.05) is 4.88 Å². The number of nitrogens with zero attached hydrogens (tertiary/aromatic N) is 4. The molecule has 1 aliphatic carbocycles. The molecule has 1 N–H and O–H groups in total. The van der Waals surface area contributed by atoms with E-state index in [2.05, 4.69) is 20.8 Å². The molecule has 0 aliphatic heterocycles. The highest BCUT2D eigenvalue weighted by molar-refractivity contribution is 7.99. The summed E-state index contributed by atoms with van der Waals surface area (Å²) in [6.07, 6.45) is 6.27. The Balaban J connectivity index is 1.49. The molecule has 2 aromatic heterocycles. The number of hydrogen-bond donors (Lipinski definition) is 1. The first-order valence-electron chi connectivity index (χ1n) is 10.8. The fourth-order valence-electron chi connectivity index (χ4n) is 3.72. The largest absolute Gasteiger partial charge is 0.462 e. The van der Waals surface area contributed by atoms with Crippen molar-refractivity contribution in [1.29, 1.82) is 0 Å². The van der Waals surface area contributed by atoms with E-state index in [1.807, 2.05) is 30.3 Å². The summed E-state index contributed by atoms with van der Waals surface area (Å²) in [5.41, 5.74) is 2.40. The third-order valence-corrected chi connectivity index (χ3v) is 7.30. The van der Waals surface area contributed by atoms with Gasteiger partial charge in [-0.05, 0) is 60.7 Å². The Kier molecular flexibility index (Phi) is 7.54. The van der Waals surface area contributed by atoms with E-state index in [-0.39, 0.29) is 17.6 Å². The molecular formula is C22H25N5O3S2.